The lowest BCUT2D eigenvalue weighted by Gasteiger charge is -2.11. The Balaban J connectivity index is 1.77. The topological polar surface area (TPSA) is 24.9 Å². The van der Waals surface area contributed by atoms with E-state index in [1.807, 2.05) is 0 Å². The van der Waals surface area contributed by atoms with E-state index in [9.17, 15) is 0 Å². The van der Waals surface area contributed by atoms with Crippen molar-refractivity contribution in [2.24, 2.45) is 0 Å². The molecule has 0 bridgehead atoms. The molecule has 0 spiro atoms. The molecule has 3 aromatic rings. The van der Waals surface area contributed by atoms with Crippen molar-refractivity contribution in [2.75, 3.05) is 54.5 Å². The fourth-order valence-electron chi connectivity index (χ4n) is 2.61. The van der Waals surface area contributed by atoms with Gasteiger partial charge < -0.3 is 19.3 Å². The van der Waals surface area contributed by atoms with Gasteiger partial charge in [0.2, 0.25) is 0 Å². The first-order valence-electron chi connectivity index (χ1n) is 8.54. The third-order valence-electron chi connectivity index (χ3n) is 4.03. The predicted octanol–water partition coefficient (Wildman–Crippen LogP) is 3.94. The number of hydrogen-bond donors (Lipinski definition) is 0. The number of rotatable bonds is 8. The lowest BCUT2D eigenvalue weighted by atomic mass is 10.1. The van der Waals surface area contributed by atoms with Crippen molar-refractivity contribution in [3.05, 3.63) is 36.4 Å². The summed E-state index contributed by atoms with van der Waals surface area (Å²) < 4.78 is 14.2. The van der Waals surface area contributed by atoms with Crippen LogP contribution in [-0.4, -0.2) is 64.3 Å². The fourth-order valence-corrected chi connectivity index (χ4v) is 3.77. The maximum absolute atomic E-state index is 5.86. The van der Waals surface area contributed by atoms with Gasteiger partial charge in [-0.1, -0.05) is 0 Å². The summed E-state index contributed by atoms with van der Waals surface area (Å²) in [4.78, 5) is 4.24. The Kier molecular flexibility index (Phi) is 5.78. The molecule has 0 unspecified atom stereocenters. The Morgan fingerprint density at radius 2 is 1.16 bits per heavy atom. The van der Waals surface area contributed by atoms with Crippen LogP contribution in [0.4, 0.5) is 0 Å². The van der Waals surface area contributed by atoms with Gasteiger partial charge in [0, 0.05) is 33.3 Å². The molecule has 1 heterocycles. The molecule has 0 aliphatic heterocycles. The third kappa shape index (κ3) is 4.63. The van der Waals surface area contributed by atoms with E-state index in [2.05, 4.69) is 74.4 Å². The van der Waals surface area contributed by atoms with Gasteiger partial charge in [-0.15, -0.1) is 11.3 Å². The first-order chi connectivity index (χ1) is 12.0. The number of thiophene rings is 1. The quantitative estimate of drug-likeness (QED) is 0.609. The molecule has 0 radical (unpaired) electrons. The van der Waals surface area contributed by atoms with Crippen LogP contribution in [0, 0.1) is 0 Å². The molecule has 5 heteroatoms. The second-order valence-electron chi connectivity index (χ2n) is 6.72. The van der Waals surface area contributed by atoms with Crippen molar-refractivity contribution in [3.8, 4) is 11.5 Å². The van der Waals surface area contributed by atoms with E-state index in [0.29, 0.717) is 13.2 Å². The zero-order chi connectivity index (χ0) is 17.8. The second kappa shape index (κ2) is 8.04. The predicted molar refractivity (Wildman–Crippen MR) is 107 cm³/mol. The Labute approximate surface area is 153 Å². The maximum Gasteiger partial charge on any atom is 0.120 e. The van der Waals surface area contributed by atoms with Gasteiger partial charge in [-0.3, -0.25) is 0 Å². The van der Waals surface area contributed by atoms with Gasteiger partial charge in [-0.25, -0.2) is 0 Å². The third-order valence-corrected chi connectivity index (χ3v) is 5.15. The molecular formula is C20H26N2O2S. The van der Waals surface area contributed by atoms with Crippen molar-refractivity contribution < 1.29 is 9.47 Å². The molecule has 2 aromatic carbocycles. The molecule has 0 saturated carbocycles. The van der Waals surface area contributed by atoms with E-state index >= 15 is 0 Å². The Morgan fingerprint density at radius 1 is 0.720 bits per heavy atom. The SMILES string of the molecule is CN(C)CCOc1ccc2c(c1)sc1cc(OCCN(C)C)ccc12. The lowest BCUT2D eigenvalue weighted by Crippen LogP contribution is -2.19. The van der Waals surface area contributed by atoms with Crippen LogP contribution >= 0.6 is 11.3 Å². The summed E-state index contributed by atoms with van der Waals surface area (Å²) in [5.74, 6) is 1.87. The molecule has 0 aliphatic carbocycles. The summed E-state index contributed by atoms with van der Waals surface area (Å²) in [5.41, 5.74) is 0. The minimum atomic E-state index is 0.702. The highest BCUT2D eigenvalue weighted by atomic mass is 32.1. The highest BCUT2D eigenvalue weighted by Gasteiger charge is 2.08. The Morgan fingerprint density at radius 3 is 1.56 bits per heavy atom. The van der Waals surface area contributed by atoms with Gasteiger partial charge in [0.25, 0.3) is 0 Å². The molecule has 0 saturated heterocycles. The molecule has 0 aliphatic rings. The van der Waals surface area contributed by atoms with Crippen molar-refractivity contribution in [1.82, 2.24) is 9.80 Å². The normalized spacial score (nSPS) is 11.8. The highest BCUT2D eigenvalue weighted by Crippen LogP contribution is 2.37. The van der Waals surface area contributed by atoms with Gasteiger partial charge in [0.1, 0.15) is 24.7 Å². The lowest BCUT2D eigenvalue weighted by molar-refractivity contribution is 0.261. The average molecular weight is 359 g/mol. The number of fused-ring (bicyclic) bond motifs is 3. The summed E-state index contributed by atoms with van der Waals surface area (Å²) in [6.45, 7) is 3.23. The van der Waals surface area contributed by atoms with E-state index in [1.54, 1.807) is 11.3 Å². The summed E-state index contributed by atoms with van der Waals surface area (Å²) >= 11 is 1.79. The standard InChI is InChI=1S/C20H26N2O2S/c1-21(2)9-11-23-15-5-7-17-18-8-6-16(24-12-10-22(3)4)14-20(18)25-19(17)13-15/h5-8,13-14H,9-12H2,1-4H3. The minimum absolute atomic E-state index is 0.702. The van der Waals surface area contributed by atoms with Crippen molar-refractivity contribution in [1.29, 1.82) is 0 Å². The number of hydrogen-bond acceptors (Lipinski definition) is 5. The maximum atomic E-state index is 5.86. The summed E-state index contributed by atoms with van der Waals surface area (Å²) in [5, 5.41) is 2.56. The van der Waals surface area contributed by atoms with E-state index in [0.717, 1.165) is 24.6 Å². The zero-order valence-corrected chi connectivity index (χ0v) is 16.2. The molecule has 4 nitrogen and oxygen atoms in total. The monoisotopic (exact) mass is 358 g/mol. The molecular weight excluding hydrogens is 332 g/mol. The number of benzene rings is 2. The van der Waals surface area contributed by atoms with Crippen LogP contribution in [0.5, 0.6) is 11.5 Å². The molecule has 0 N–H and O–H groups in total. The molecule has 1 aromatic heterocycles. The smallest absolute Gasteiger partial charge is 0.120 e. The van der Waals surface area contributed by atoms with Gasteiger partial charge in [0.15, 0.2) is 0 Å². The summed E-state index contributed by atoms with van der Waals surface area (Å²) in [7, 11) is 8.21. The van der Waals surface area contributed by atoms with Crippen LogP contribution in [-0.2, 0) is 0 Å². The number of nitrogens with zero attached hydrogens (tertiary/aromatic N) is 2. The molecule has 0 fully saturated rings. The van der Waals surface area contributed by atoms with Crippen LogP contribution in [0.1, 0.15) is 0 Å². The van der Waals surface area contributed by atoms with Crippen LogP contribution < -0.4 is 9.47 Å². The zero-order valence-electron chi connectivity index (χ0n) is 15.4. The van der Waals surface area contributed by atoms with Crippen LogP contribution in [0.15, 0.2) is 36.4 Å². The Hall–Kier alpha value is -1.82. The molecule has 0 atom stereocenters. The van der Waals surface area contributed by atoms with Gasteiger partial charge >= 0.3 is 0 Å². The Bertz CT molecular complexity index is 774. The van der Waals surface area contributed by atoms with Gasteiger partial charge in [0.05, 0.1) is 0 Å². The average Bonchev–Trinajstić information content (AvgIpc) is 2.91. The summed E-state index contributed by atoms with van der Waals surface area (Å²) in [6, 6.07) is 12.7. The van der Waals surface area contributed by atoms with Crippen molar-refractivity contribution >= 4 is 31.5 Å². The van der Waals surface area contributed by atoms with Crippen LogP contribution in [0.25, 0.3) is 20.2 Å². The molecule has 3 rings (SSSR count). The van der Waals surface area contributed by atoms with Crippen molar-refractivity contribution in [3.63, 3.8) is 0 Å². The van der Waals surface area contributed by atoms with E-state index in [-0.39, 0.29) is 0 Å². The number of likely N-dealkylation sites (N-methyl/N-ethyl adjacent to an activating group) is 2. The fraction of sp³-hybridized carbons (Fsp3) is 0.400. The summed E-state index contributed by atoms with van der Waals surface area (Å²) in [6.07, 6.45) is 0. The first-order valence-corrected chi connectivity index (χ1v) is 9.36. The van der Waals surface area contributed by atoms with E-state index in [1.165, 1.54) is 20.2 Å². The van der Waals surface area contributed by atoms with Crippen LogP contribution in [0.2, 0.25) is 0 Å². The minimum Gasteiger partial charge on any atom is -0.492 e. The second-order valence-corrected chi connectivity index (χ2v) is 7.81. The molecule has 0 amide bonds. The molecule has 25 heavy (non-hydrogen) atoms. The van der Waals surface area contributed by atoms with Crippen molar-refractivity contribution in [2.45, 2.75) is 0 Å². The van der Waals surface area contributed by atoms with E-state index in [4.69, 9.17) is 9.47 Å². The number of ether oxygens (including phenoxy) is 2. The molecule has 134 valence electrons. The largest absolute Gasteiger partial charge is 0.492 e. The van der Waals surface area contributed by atoms with Gasteiger partial charge in [-0.05, 0) is 64.6 Å². The van der Waals surface area contributed by atoms with E-state index < -0.39 is 0 Å². The highest BCUT2D eigenvalue weighted by molar-refractivity contribution is 7.25. The van der Waals surface area contributed by atoms with Crippen LogP contribution in [0.3, 0.4) is 0 Å². The first kappa shape index (κ1) is 18.0. The van der Waals surface area contributed by atoms with Gasteiger partial charge in [-0.2, -0.15) is 0 Å².